The summed E-state index contributed by atoms with van der Waals surface area (Å²) in [6.07, 6.45) is 0.849. The van der Waals surface area contributed by atoms with E-state index in [2.05, 4.69) is 171 Å². The van der Waals surface area contributed by atoms with Gasteiger partial charge < -0.3 is 0 Å². The topological polar surface area (TPSA) is 38.7 Å². The van der Waals surface area contributed by atoms with E-state index in [4.69, 9.17) is 10.2 Å². The number of thiophene rings is 1. The average molecular weight is 684 g/mol. The molecule has 2 heterocycles. The third kappa shape index (κ3) is 4.75. The Bertz CT molecular complexity index is 2840. The Balaban J connectivity index is 1.39. The highest BCUT2D eigenvalue weighted by Crippen LogP contribution is 2.53. The van der Waals surface area contributed by atoms with E-state index >= 15 is 0 Å². The zero-order valence-electron chi connectivity index (χ0n) is 28.9. The van der Waals surface area contributed by atoms with Gasteiger partial charge in [-0.3, -0.25) is 0 Å². The lowest BCUT2D eigenvalue weighted by Crippen LogP contribution is -2.05. The lowest BCUT2D eigenvalue weighted by atomic mass is 9.82. The maximum absolute atomic E-state index is 5.08. The normalized spacial score (nSPS) is 12.0. The molecule has 4 heteroatoms. The van der Waals surface area contributed by atoms with E-state index in [1.807, 2.05) is 11.3 Å². The van der Waals surface area contributed by atoms with Crippen molar-refractivity contribution in [1.82, 2.24) is 15.4 Å². The molecule has 0 unspecified atom stereocenters. The van der Waals surface area contributed by atoms with Gasteiger partial charge in [0.25, 0.3) is 0 Å². The van der Waals surface area contributed by atoms with Crippen LogP contribution in [0.2, 0.25) is 0 Å². The molecule has 52 heavy (non-hydrogen) atoms. The van der Waals surface area contributed by atoms with E-state index in [-0.39, 0.29) is 0 Å². The highest BCUT2D eigenvalue weighted by Gasteiger charge is 2.31. The van der Waals surface area contributed by atoms with Gasteiger partial charge in [0.05, 0.1) is 0 Å². The predicted octanol–water partition coefficient (Wildman–Crippen LogP) is 12.8. The molecule has 0 radical (unpaired) electrons. The fourth-order valence-corrected chi connectivity index (χ4v) is 9.38. The van der Waals surface area contributed by atoms with Crippen molar-refractivity contribution in [3.63, 3.8) is 0 Å². The molecule has 0 aliphatic heterocycles. The van der Waals surface area contributed by atoms with Crippen LogP contribution in [0, 0.1) is 13.8 Å². The van der Waals surface area contributed by atoms with Crippen molar-refractivity contribution < 1.29 is 0 Å². The lowest BCUT2D eigenvalue weighted by Gasteiger charge is -2.22. The minimum atomic E-state index is 0.831. The summed E-state index contributed by atoms with van der Waals surface area (Å²) >= 11 is 1.84. The summed E-state index contributed by atoms with van der Waals surface area (Å²) in [6, 6.07) is 54.6. The number of aryl methyl sites for hydroxylation is 1. The summed E-state index contributed by atoms with van der Waals surface area (Å²) < 4.78 is 2.49. The van der Waals surface area contributed by atoms with Crippen molar-refractivity contribution in [2.75, 3.05) is 0 Å². The molecular formula is C48H33N3S. The number of hydrogen-bond donors (Lipinski definition) is 0. The van der Waals surface area contributed by atoms with Gasteiger partial charge in [0, 0.05) is 42.4 Å². The monoisotopic (exact) mass is 683 g/mol. The molecule has 0 spiro atoms. The minimum absolute atomic E-state index is 0.831. The van der Waals surface area contributed by atoms with Gasteiger partial charge in [0.1, 0.15) is 11.4 Å². The van der Waals surface area contributed by atoms with Crippen molar-refractivity contribution in [1.29, 1.82) is 0 Å². The van der Waals surface area contributed by atoms with E-state index in [1.54, 1.807) is 0 Å². The van der Waals surface area contributed by atoms with Gasteiger partial charge in [-0.1, -0.05) is 140 Å². The van der Waals surface area contributed by atoms with Crippen LogP contribution < -0.4 is 0 Å². The Hall–Kier alpha value is -6.23. The van der Waals surface area contributed by atoms with Crippen LogP contribution in [0.3, 0.4) is 0 Å². The number of hydrogen-bond acceptors (Lipinski definition) is 4. The van der Waals surface area contributed by atoms with E-state index in [9.17, 15) is 0 Å². The van der Waals surface area contributed by atoms with Crippen molar-refractivity contribution in [2.45, 2.75) is 20.3 Å². The molecule has 246 valence electrons. The largest absolute Gasteiger partial charge is 0.135 e. The van der Waals surface area contributed by atoms with Gasteiger partial charge in [0.2, 0.25) is 0 Å². The number of nitrogens with zero attached hydrogens (tertiary/aromatic N) is 3. The maximum Gasteiger partial charge on any atom is 0.105 e. The molecule has 1 aliphatic carbocycles. The summed E-state index contributed by atoms with van der Waals surface area (Å²) in [5.41, 5.74) is 18.4. The molecule has 1 aliphatic rings. The SMILES string of the molecule is Cc1cc2c(c(-c3nnnc(-c4ccccc4)c3-c3c(-c4ccccc4-c4ccccc4)ccc4sc5ccccc5c34)c1C)Cc1ccccc1-2. The number of rotatable bonds is 5. The molecule has 0 bridgehead atoms. The fraction of sp³-hybridized carbons (Fsp3) is 0.0625. The zero-order chi connectivity index (χ0) is 34.8. The Kier molecular flexibility index (Phi) is 7.19. The molecule has 0 N–H and O–H groups in total. The Morgan fingerprint density at radius 1 is 0.481 bits per heavy atom. The highest BCUT2D eigenvalue weighted by atomic mass is 32.1. The molecule has 3 nitrogen and oxygen atoms in total. The molecule has 0 saturated heterocycles. The fourth-order valence-electron chi connectivity index (χ4n) is 8.26. The molecule has 0 fully saturated rings. The maximum atomic E-state index is 5.08. The number of fused-ring (bicyclic) bond motifs is 6. The van der Waals surface area contributed by atoms with Crippen LogP contribution >= 0.6 is 11.3 Å². The van der Waals surface area contributed by atoms with Crippen LogP contribution in [0.4, 0.5) is 0 Å². The first-order chi connectivity index (χ1) is 25.7. The second-order valence-electron chi connectivity index (χ2n) is 13.7. The summed E-state index contributed by atoms with van der Waals surface area (Å²) in [4.78, 5) is 0. The van der Waals surface area contributed by atoms with Gasteiger partial charge in [-0.15, -0.1) is 21.5 Å². The summed E-state index contributed by atoms with van der Waals surface area (Å²) in [5, 5.41) is 17.0. The summed E-state index contributed by atoms with van der Waals surface area (Å²) in [7, 11) is 0. The predicted molar refractivity (Wildman–Crippen MR) is 218 cm³/mol. The van der Waals surface area contributed by atoms with Gasteiger partial charge in [0.15, 0.2) is 0 Å². The van der Waals surface area contributed by atoms with Gasteiger partial charge in [-0.05, 0) is 93.2 Å². The van der Waals surface area contributed by atoms with Crippen LogP contribution in [0.15, 0.2) is 152 Å². The van der Waals surface area contributed by atoms with Crippen LogP contribution in [-0.4, -0.2) is 15.4 Å². The first-order valence-electron chi connectivity index (χ1n) is 17.8. The second-order valence-corrected chi connectivity index (χ2v) is 14.7. The van der Waals surface area contributed by atoms with E-state index in [0.717, 1.165) is 45.6 Å². The van der Waals surface area contributed by atoms with E-state index < -0.39 is 0 Å². The standard InChI is InChI=1S/C48H33N3S/c1-29-27-39-35-21-10-9-19-33(35)28-40(39)43(30(29)2)48-46(47(49-51-50-48)32-17-7-4-8-18-32)45-37(25-26-42-44(45)38-23-13-14-24-41(38)52-42)36-22-12-11-20-34(36)31-15-5-3-6-16-31/h3-27H,28H2,1-2H3. The Morgan fingerprint density at radius 2 is 1.13 bits per heavy atom. The summed E-state index contributed by atoms with van der Waals surface area (Å²) in [6.45, 7) is 4.47. The molecular weight excluding hydrogens is 651 g/mol. The second kappa shape index (κ2) is 12.2. The van der Waals surface area contributed by atoms with E-state index in [1.165, 1.54) is 70.2 Å². The van der Waals surface area contributed by atoms with Crippen LogP contribution in [-0.2, 0) is 6.42 Å². The molecule has 0 amide bonds. The summed E-state index contributed by atoms with van der Waals surface area (Å²) in [5.74, 6) is 0. The Labute approximate surface area is 306 Å². The van der Waals surface area contributed by atoms with Crippen molar-refractivity contribution in [2.24, 2.45) is 0 Å². The number of aromatic nitrogens is 3. The quantitative estimate of drug-likeness (QED) is 0.181. The van der Waals surface area contributed by atoms with Crippen molar-refractivity contribution in [3.8, 4) is 67.0 Å². The van der Waals surface area contributed by atoms with Crippen LogP contribution in [0.1, 0.15) is 22.3 Å². The van der Waals surface area contributed by atoms with Gasteiger partial charge in [-0.2, -0.15) is 0 Å². The Morgan fingerprint density at radius 3 is 1.94 bits per heavy atom. The van der Waals surface area contributed by atoms with Crippen molar-refractivity contribution >= 4 is 31.5 Å². The van der Waals surface area contributed by atoms with Crippen molar-refractivity contribution in [3.05, 3.63) is 174 Å². The minimum Gasteiger partial charge on any atom is -0.135 e. The smallest absolute Gasteiger partial charge is 0.105 e. The molecule has 7 aromatic carbocycles. The van der Waals surface area contributed by atoms with Crippen LogP contribution in [0.25, 0.3) is 87.2 Å². The molecule has 0 saturated carbocycles. The van der Waals surface area contributed by atoms with Gasteiger partial charge in [-0.25, -0.2) is 0 Å². The van der Waals surface area contributed by atoms with E-state index in [0.29, 0.717) is 0 Å². The van der Waals surface area contributed by atoms with Crippen LogP contribution in [0.5, 0.6) is 0 Å². The van der Waals surface area contributed by atoms with Gasteiger partial charge >= 0.3 is 0 Å². The lowest BCUT2D eigenvalue weighted by molar-refractivity contribution is 0.877. The zero-order valence-corrected chi connectivity index (χ0v) is 29.7. The molecule has 2 aromatic heterocycles. The number of benzene rings is 7. The first kappa shape index (κ1) is 30.6. The third-order valence-electron chi connectivity index (χ3n) is 10.8. The third-order valence-corrected chi connectivity index (χ3v) is 11.9. The first-order valence-corrected chi connectivity index (χ1v) is 18.6. The average Bonchev–Trinajstić information content (AvgIpc) is 3.77. The highest BCUT2D eigenvalue weighted by molar-refractivity contribution is 7.26. The molecule has 0 atom stereocenters. The molecule has 9 aromatic rings. The molecule has 10 rings (SSSR count).